The minimum absolute atomic E-state index is 0.826. The molecular weight excluding hydrogens is 294 g/mol. The van der Waals surface area contributed by atoms with E-state index in [0.29, 0.717) is 0 Å². The van der Waals surface area contributed by atoms with Crippen molar-refractivity contribution in [2.24, 2.45) is 5.41 Å². The van der Waals surface area contributed by atoms with Crippen LogP contribution in [-0.2, 0) is 0 Å². The van der Waals surface area contributed by atoms with Crippen LogP contribution in [0.3, 0.4) is 0 Å². The van der Waals surface area contributed by atoms with E-state index in [1.807, 2.05) is 0 Å². The molecule has 0 unspecified atom stereocenters. The molecule has 0 atom stereocenters. The molecule has 3 aliphatic heterocycles. The molecule has 0 radical (unpaired) electrons. The fourth-order valence-electron chi connectivity index (χ4n) is 4.32. The van der Waals surface area contributed by atoms with Gasteiger partial charge in [-0.15, -0.1) is 0 Å². The van der Waals surface area contributed by atoms with Crippen LogP contribution in [0.4, 0.5) is 0 Å². The maximum Gasteiger partial charge on any atom is 0.00349 e. The lowest BCUT2D eigenvalue weighted by Crippen LogP contribution is -2.32. The molecule has 3 heterocycles. The van der Waals surface area contributed by atoms with Crippen molar-refractivity contribution in [2.75, 3.05) is 60.4 Å². The van der Waals surface area contributed by atoms with Crippen molar-refractivity contribution in [1.29, 1.82) is 0 Å². The van der Waals surface area contributed by atoms with E-state index in [9.17, 15) is 0 Å². The van der Waals surface area contributed by atoms with Gasteiger partial charge in [-0.05, 0) is 111 Å². The van der Waals surface area contributed by atoms with Crippen molar-refractivity contribution in [3.8, 4) is 0 Å². The lowest BCUT2D eigenvalue weighted by molar-refractivity contribution is 0.194. The van der Waals surface area contributed by atoms with Crippen LogP contribution in [0.25, 0.3) is 0 Å². The summed E-state index contributed by atoms with van der Waals surface area (Å²) in [6, 6.07) is 0. The first-order valence-corrected chi connectivity index (χ1v) is 10.7. The normalized spacial score (nSPS) is 28.1. The Morgan fingerprint density at radius 3 is 1.25 bits per heavy atom. The number of likely N-dealkylation sites (tertiary alicyclic amines) is 3. The van der Waals surface area contributed by atoms with Crippen LogP contribution < -0.4 is 0 Å². The van der Waals surface area contributed by atoms with Crippen LogP contribution >= 0.6 is 0 Å². The molecule has 0 aromatic carbocycles. The van der Waals surface area contributed by atoms with Crippen molar-refractivity contribution < 1.29 is 0 Å². The van der Waals surface area contributed by atoms with Crippen molar-refractivity contribution in [1.82, 2.24) is 14.7 Å². The molecule has 1 aliphatic carbocycles. The number of piperidine rings is 2. The number of hydrogen-bond acceptors (Lipinski definition) is 3. The molecule has 1 saturated carbocycles. The highest BCUT2D eigenvalue weighted by Crippen LogP contribution is 2.51. The third-order valence-corrected chi connectivity index (χ3v) is 6.22. The molecular formula is C21H43N3. The highest BCUT2D eigenvalue weighted by atomic mass is 15.1. The molecule has 0 aromatic rings. The van der Waals surface area contributed by atoms with Crippen LogP contribution in [0.2, 0.25) is 0 Å². The standard InChI is InChI=1S/C8H15N.C7H15N.C6H13N/c1-9-6-2-3-8(7-9)4-5-8;1-8-6-4-2-3-5-7-8;1-7-5-3-2-4-6-7/h2-7H2,1H3;2-7H2,1H3;2-6H2,1H3. The summed E-state index contributed by atoms with van der Waals surface area (Å²) in [5.74, 6) is 0. The zero-order chi connectivity index (χ0) is 17.3. The third kappa shape index (κ3) is 8.31. The molecule has 142 valence electrons. The molecule has 3 saturated heterocycles. The van der Waals surface area contributed by atoms with E-state index in [1.165, 1.54) is 110 Å². The lowest BCUT2D eigenvalue weighted by atomic mass is 9.96. The predicted molar refractivity (Wildman–Crippen MR) is 106 cm³/mol. The van der Waals surface area contributed by atoms with Gasteiger partial charge in [-0.25, -0.2) is 0 Å². The fraction of sp³-hybridized carbons (Fsp3) is 1.00. The third-order valence-electron chi connectivity index (χ3n) is 6.22. The van der Waals surface area contributed by atoms with Gasteiger partial charge in [-0.1, -0.05) is 19.3 Å². The SMILES string of the molecule is CN1CCCC2(CC2)C1.CN1CCCCC1.CN1CCCCCC1. The Bertz CT molecular complexity index is 313. The summed E-state index contributed by atoms with van der Waals surface area (Å²) in [6.45, 7) is 7.99. The van der Waals surface area contributed by atoms with Gasteiger partial charge in [-0.2, -0.15) is 0 Å². The van der Waals surface area contributed by atoms with Gasteiger partial charge in [0.05, 0.1) is 0 Å². The van der Waals surface area contributed by atoms with Gasteiger partial charge in [0.25, 0.3) is 0 Å². The molecule has 1 spiro atoms. The topological polar surface area (TPSA) is 9.72 Å². The highest BCUT2D eigenvalue weighted by molar-refractivity contribution is 4.97. The Kier molecular flexibility index (Phi) is 9.07. The average molecular weight is 338 g/mol. The van der Waals surface area contributed by atoms with E-state index < -0.39 is 0 Å². The quantitative estimate of drug-likeness (QED) is 0.659. The van der Waals surface area contributed by atoms with E-state index in [0.717, 1.165) is 5.41 Å². The Morgan fingerprint density at radius 1 is 0.458 bits per heavy atom. The summed E-state index contributed by atoms with van der Waals surface area (Å²) < 4.78 is 0. The maximum atomic E-state index is 2.48. The molecule has 0 aromatic heterocycles. The van der Waals surface area contributed by atoms with E-state index in [1.54, 1.807) is 0 Å². The van der Waals surface area contributed by atoms with Crippen molar-refractivity contribution >= 4 is 0 Å². The second-order valence-corrected chi connectivity index (χ2v) is 8.92. The van der Waals surface area contributed by atoms with Gasteiger partial charge in [0.1, 0.15) is 0 Å². The zero-order valence-corrected chi connectivity index (χ0v) is 16.9. The zero-order valence-electron chi connectivity index (χ0n) is 16.9. The van der Waals surface area contributed by atoms with Crippen LogP contribution in [0.1, 0.15) is 70.6 Å². The molecule has 3 heteroatoms. The first-order valence-electron chi connectivity index (χ1n) is 10.7. The van der Waals surface area contributed by atoms with Crippen LogP contribution in [-0.4, -0.2) is 75.1 Å². The Labute approximate surface area is 151 Å². The molecule has 24 heavy (non-hydrogen) atoms. The highest BCUT2D eigenvalue weighted by Gasteiger charge is 2.44. The Morgan fingerprint density at radius 2 is 0.875 bits per heavy atom. The van der Waals surface area contributed by atoms with Crippen LogP contribution in [0.5, 0.6) is 0 Å². The second-order valence-electron chi connectivity index (χ2n) is 8.92. The van der Waals surface area contributed by atoms with E-state index in [2.05, 4.69) is 35.8 Å². The summed E-state index contributed by atoms with van der Waals surface area (Å²) in [5.41, 5.74) is 0.826. The van der Waals surface area contributed by atoms with Gasteiger partial charge in [-0.3, -0.25) is 0 Å². The van der Waals surface area contributed by atoms with Gasteiger partial charge in [0.15, 0.2) is 0 Å². The van der Waals surface area contributed by atoms with Crippen molar-refractivity contribution in [2.45, 2.75) is 70.6 Å². The minimum atomic E-state index is 0.826. The summed E-state index contributed by atoms with van der Waals surface area (Å²) in [6.07, 6.45) is 16.0. The Hall–Kier alpha value is -0.120. The fourth-order valence-corrected chi connectivity index (χ4v) is 4.32. The summed E-state index contributed by atoms with van der Waals surface area (Å²) in [7, 11) is 6.66. The van der Waals surface area contributed by atoms with Crippen LogP contribution in [0.15, 0.2) is 0 Å². The van der Waals surface area contributed by atoms with Gasteiger partial charge in [0.2, 0.25) is 0 Å². The van der Waals surface area contributed by atoms with Crippen LogP contribution in [0, 0.1) is 5.41 Å². The van der Waals surface area contributed by atoms with Gasteiger partial charge >= 0.3 is 0 Å². The minimum Gasteiger partial charge on any atom is -0.306 e. The summed E-state index contributed by atoms with van der Waals surface area (Å²) >= 11 is 0. The second kappa shape index (κ2) is 10.8. The average Bonchev–Trinajstić information content (AvgIpc) is 3.34. The van der Waals surface area contributed by atoms with E-state index in [4.69, 9.17) is 0 Å². The molecule has 4 aliphatic rings. The molecule has 0 amide bonds. The summed E-state index contributed by atoms with van der Waals surface area (Å²) in [4.78, 5) is 7.30. The smallest absolute Gasteiger partial charge is 0.00349 e. The number of rotatable bonds is 0. The van der Waals surface area contributed by atoms with E-state index >= 15 is 0 Å². The first-order chi connectivity index (χ1) is 11.6. The maximum absolute atomic E-state index is 2.48. The van der Waals surface area contributed by atoms with Gasteiger partial charge < -0.3 is 14.7 Å². The molecule has 0 bridgehead atoms. The summed E-state index contributed by atoms with van der Waals surface area (Å²) in [5, 5.41) is 0. The number of hydrogen-bond donors (Lipinski definition) is 0. The predicted octanol–water partition coefficient (Wildman–Crippen LogP) is 4.09. The molecule has 3 nitrogen and oxygen atoms in total. The van der Waals surface area contributed by atoms with Crippen molar-refractivity contribution in [3.63, 3.8) is 0 Å². The molecule has 4 fully saturated rings. The van der Waals surface area contributed by atoms with Crippen molar-refractivity contribution in [3.05, 3.63) is 0 Å². The van der Waals surface area contributed by atoms with E-state index in [-0.39, 0.29) is 0 Å². The lowest BCUT2D eigenvalue weighted by Gasteiger charge is -2.29. The molecule has 4 rings (SSSR count). The first kappa shape index (κ1) is 20.2. The molecule has 0 N–H and O–H groups in total. The monoisotopic (exact) mass is 337 g/mol. The number of nitrogens with zero attached hydrogens (tertiary/aromatic N) is 3. The Balaban J connectivity index is 0.000000132. The largest absolute Gasteiger partial charge is 0.306 e. The van der Waals surface area contributed by atoms with Gasteiger partial charge in [0, 0.05) is 6.54 Å².